The third-order valence-corrected chi connectivity index (χ3v) is 8.65. The number of alkyl halides is 2. The Morgan fingerprint density at radius 3 is 2.38 bits per heavy atom. The molecule has 1 spiro atoms. The van der Waals surface area contributed by atoms with Crippen LogP contribution in [0.2, 0.25) is 0 Å². The van der Waals surface area contributed by atoms with Crippen molar-refractivity contribution in [2.24, 2.45) is 11.3 Å². The summed E-state index contributed by atoms with van der Waals surface area (Å²) in [5, 5.41) is 0. The monoisotopic (exact) mass is 429 g/mol. The Balaban J connectivity index is 1.37. The van der Waals surface area contributed by atoms with Gasteiger partial charge >= 0.3 is 0 Å². The molecule has 0 N–H and O–H groups in total. The summed E-state index contributed by atoms with van der Waals surface area (Å²) >= 11 is 0. The van der Waals surface area contributed by atoms with Gasteiger partial charge in [0.2, 0.25) is 10.0 Å². The molecule has 4 heterocycles. The van der Waals surface area contributed by atoms with Gasteiger partial charge in [-0.3, -0.25) is 9.88 Å². The summed E-state index contributed by atoms with van der Waals surface area (Å²) in [4.78, 5) is 6.30. The van der Waals surface area contributed by atoms with Crippen molar-refractivity contribution in [3.63, 3.8) is 0 Å². The number of rotatable bonds is 5. The quantitative estimate of drug-likeness (QED) is 0.720. The number of pyridine rings is 1. The van der Waals surface area contributed by atoms with Crippen LogP contribution in [0.4, 0.5) is 8.78 Å². The fourth-order valence-electron chi connectivity index (χ4n) is 4.88. The number of hydrogen-bond donors (Lipinski definition) is 0. The zero-order valence-corrected chi connectivity index (χ0v) is 18.0. The van der Waals surface area contributed by atoms with Gasteiger partial charge in [0.25, 0.3) is 5.92 Å². The van der Waals surface area contributed by atoms with Crippen LogP contribution in [0.1, 0.15) is 38.1 Å². The first-order chi connectivity index (χ1) is 13.5. The van der Waals surface area contributed by atoms with Crippen LogP contribution in [-0.2, 0) is 20.7 Å². The average Bonchev–Trinajstić information content (AvgIpc) is 2.58. The number of aryl methyl sites for hydroxylation is 1. The molecule has 3 aliphatic rings. The minimum atomic E-state index is -3.71. The SMILES string of the molecule is Cc1nc(C(C)(F)F)ccc1S(=O)(=O)N1CC2(CN(C(C)C3CCOCC3)C2)C1. The van der Waals surface area contributed by atoms with Crippen LogP contribution in [0.3, 0.4) is 0 Å². The van der Waals surface area contributed by atoms with E-state index in [2.05, 4.69) is 16.8 Å². The molecule has 4 rings (SSSR count). The van der Waals surface area contributed by atoms with Crippen LogP contribution < -0.4 is 0 Å². The summed E-state index contributed by atoms with van der Waals surface area (Å²) in [6.45, 7) is 8.94. The van der Waals surface area contributed by atoms with E-state index in [0.717, 1.165) is 52.1 Å². The highest BCUT2D eigenvalue weighted by Gasteiger charge is 2.56. The second-order valence-electron chi connectivity index (χ2n) is 9.04. The smallest absolute Gasteiger partial charge is 0.286 e. The number of nitrogens with zero attached hydrogens (tertiary/aromatic N) is 3. The van der Waals surface area contributed by atoms with Gasteiger partial charge < -0.3 is 4.74 Å². The van der Waals surface area contributed by atoms with Crippen LogP contribution >= 0.6 is 0 Å². The summed E-state index contributed by atoms with van der Waals surface area (Å²) in [5.74, 6) is -2.45. The van der Waals surface area contributed by atoms with Crippen molar-refractivity contribution in [3.05, 3.63) is 23.5 Å². The Morgan fingerprint density at radius 1 is 1.21 bits per heavy atom. The molecular formula is C20H29F2N3O3S. The molecule has 3 aliphatic heterocycles. The molecule has 29 heavy (non-hydrogen) atoms. The summed E-state index contributed by atoms with van der Waals surface area (Å²) in [6.07, 6.45) is 2.18. The summed E-state index contributed by atoms with van der Waals surface area (Å²) in [5.41, 5.74) is -0.261. The van der Waals surface area contributed by atoms with Crippen molar-refractivity contribution in [2.75, 3.05) is 39.4 Å². The predicted molar refractivity (Wildman–Crippen MR) is 104 cm³/mol. The molecule has 0 bridgehead atoms. The van der Waals surface area contributed by atoms with Gasteiger partial charge in [-0.2, -0.15) is 13.1 Å². The highest BCUT2D eigenvalue weighted by molar-refractivity contribution is 7.89. The van der Waals surface area contributed by atoms with E-state index in [1.165, 1.54) is 17.3 Å². The molecular weight excluding hydrogens is 400 g/mol. The predicted octanol–water partition coefficient (Wildman–Crippen LogP) is 2.62. The number of likely N-dealkylation sites (tertiary alicyclic amines) is 1. The van der Waals surface area contributed by atoms with Gasteiger partial charge in [0.15, 0.2) is 0 Å². The Morgan fingerprint density at radius 2 is 1.83 bits per heavy atom. The first-order valence-electron chi connectivity index (χ1n) is 10.2. The van der Waals surface area contributed by atoms with Gasteiger partial charge in [0.05, 0.1) is 5.69 Å². The Kier molecular flexibility index (Phi) is 5.25. The fraction of sp³-hybridized carbons (Fsp3) is 0.750. The summed E-state index contributed by atoms with van der Waals surface area (Å²) in [6, 6.07) is 2.86. The molecule has 1 unspecified atom stereocenters. The lowest BCUT2D eigenvalue weighted by molar-refractivity contribution is -0.113. The lowest BCUT2D eigenvalue weighted by Gasteiger charge is -2.61. The first kappa shape index (κ1) is 21.1. The molecule has 0 radical (unpaired) electrons. The molecule has 6 nitrogen and oxygen atoms in total. The van der Waals surface area contributed by atoms with Gasteiger partial charge in [-0.15, -0.1) is 0 Å². The minimum absolute atomic E-state index is 0.0205. The van der Waals surface area contributed by atoms with E-state index < -0.39 is 21.6 Å². The second-order valence-corrected chi connectivity index (χ2v) is 10.9. The maximum absolute atomic E-state index is 13.5. The van der Waals surface area contributed by atoms with Gasteiger partial charge in [-0.25, -0.2) is 8.42 Å². The molecule has 1 atom stereocenters. The van der Waals surface area contributed by atoms with Gasteiger partial charge in [-0.1, -0.05) is 0 Å². The van der Waals surface area contributed by atoms with Crippen LogP contribution in [-0.4, -0.2) is 68.0 Å². The van der Waals surface area contributed by atoms with Crippen LogP contribution in [0.15, 0.2) is 17.0 Å². The number of ether oxygens (including phenoxy) is 1. The third-order valence-electron chi connectivity index (χ3n) is 6.73. The number of aromatic nitrogens is 1. The van der Waals surface area contributed by atoms with Crippen molar-refractivity contribution in [2.45, 2.75) is 50.5 Å². The maximum atomic E-state index is 13.5. The number of hydrogen-bond acceptors (Lipinski definition) is 5. The third kappa shape index (κ3) is 3.82. The van der Waals surface area contributed by atoms with E-state index in [1.807, 2.05) is 0 Å². The molecule has 162 valence electrons. The Hall–Kier alpha value is -1.16. The van der Waals surface area contributed by atoms with E-state index in [1.54, 1.807) is 0 Å². The summed E-state index contributed by atoms with van der Waals surface area (Å²) < 4.78 is 59.7. The zero-order chi connectivity index (χ0) is 21.0. The Bertz CT molecular complexity index is 867. The standard InChI is InChI=1S/C20H29F2N3O3S/c1-14-17(4-5-18(23-14)19(3,21)22)29(26,27)25-12-20(13-25)10-24(11-20)15(2)16-6-8-28-9-7-16/h4-5,15-16H,6-13H2,1-3H3. The van der Waals surface area contributed by atoms with E-state index in [4.69, 9.17) is 4.74 Å². The molecule has 9 heteroatoms. The highest BCUT2D eigenvalue weighted by atomic mass is 32.2. The fourth-order valence-corrected chi connectivity index (χ4v) is 6.70. The summed E-state index contributed by atoms with van der Waals surface area (Å²) in [7, 11) is -3.71. The minimum Gasteiger partial charge on any atom is -0.381 e. The number of sulfonamides is 1. The molecule has 0 amide bonds. The first-order valence-corrected chi connectivity index (χ1v) is 11.6. The highest BCUT2D eigenvalue weighted by Crippen LogP contribution is 2.44. The van der Waals surface area contributed by atoms with Gasteiger partial charge in [0.1, 0.15) is 10.6 Å². The topological polar surface area (TPSA) is 62.7 Å². The van der Waals surface area contributed by atoms with Crippen LogP contribution in [0, 0.1) is 18.3 Å². The Labute approximate surface area is 171 Å². The zero-order valence-electron chi connectivity index (χ0n) is 17.2. The van der Waals surface area contributed by atoms with E-state index in [9.17, 15) is 17.2 Å². The van der Waals surface area contributed by atoms with Crippen molar-refractivity contribution in [1.82, 2.24) is 14.2 Å². The normalized spacial score (nSPS) is 24.9. The largest absolute Gasteiger partial charge is 0.381 e. The van der Waals surface area contributed by atoms with Crippen molar-refractivity contribution >= 4 is 10.0 Å². The maximum Gasteiger partial charge on any atom is 0.286 e. The molecule has 0 saturated carbocycles. The van der Waals surface area contributed by atoms with Crippen molar-refractivity contribution < 1.29 is 21.9 Å². The molecule has 1 aromatic rings. The molecule has 1 aromatic heterocycles. The molecule has 0 aromatic carbocycles. The molecule has 0 aliphatic carbocycles. The molecule has 3 fully saturated rings. The lowest BCUT2D eigenvalue weighted by Crippen LogP contribution is -2.74. The average molecular weight is 430 g/mol. The second kappa shape index (κ2) is 7.21. The van der Waals surface area contributed by atoms with E-state index in [-0.39, 0.29) is 16.0 Å². The lowest BCUT2D eigenvalue weighted by atomic mass is 9.72. The van der Waals surface area contributed by atoms with Crippen molar-refractivity contribution in [1.29, 1.82) is 0 Å². The van der Waals surface area contributed by atoms with E-state index in [0.29, 0.717) is 25.0 Å². The van der Waals surface area contributed by atoms with Gasteiger partial charge in [0, 0.05) is 57.8 Å². The van der Waals surface area contributed by atoms with Crippen LogP contribution in [0.25, 0.3) is 0 Å². The van der Waals surface area contributed by atoms with Crippen LogP contribution in [0.5, 0.6) is 0 Å². The molecule has 3 saturated heterocycles. The van der Waals surface area contributed by atoms with Crippen molar-refractivity contribution in [3.8, 4) is 0 Å². The number of halogens is 2. The van der Waals surface area contributed by atoms with E-state index >= 15 is 0 Å². The van der Waals surface area contributed by atoms with Gasteiger partial charge in [-0.05, 0) is 44.7 Å².